The van der Waals surface area contributed by atoms with Crippen LogP contribution < -0.4 is 4.90 Å². The molecular weight excluding hydrogens is 502 g/mol. The van der Waals surface area contributed by atoms with Crippen molar-refractivity contribution >= 4 is 21.6 Å². The van der Waals surface area contributed by atoms with Crippen LogP contribution in [0.25, 0.3) is 0 Å². The van der Waals surface area contributed by atoms with E-state index < -0.39 is 16.1 Å². The van der Waals surface area contributed by atoms with Crippen LogP contribution in [0.2, 0.25) is 0 Å². The molecule has 2 aromatic carbocycles. The predicted molar refractivity (Wildman–Crippen MR) is 140 cm³/mol. The number of carbonyl (C=O) groups is 1. The number of aromatic nitrogens is 4. The summed E-state index contributed by atoms with van der Waals surface area (Å²) in [7, 11) is -0.638. The predicted octanol–water partition coefficient (Wildman–Crippen LogP) is 2.68. The molecule has 3 heterocycles. The van der Waals surface area contributed by atoms with E-state index in [2.05, 4.69) is 16.0 Å². The average Bonchev–Trinajstić information content (AvgIpc) is 3.53. The van der Waals surface area contributed by atoms with Crippen molar-refractivity contribution in [2.45, 2.75) is 37.5 Å². The van der Waals surface area contributed by atoms with Gasteiger partial charge in [0.2, 0.25) is 5.91 Å². The largest absolute Gasteiger partial charge is 0.339 e. The van der Waals surface area contributed by atoms with Crippen LogP contribution in [-0.2, 0) is 48.4 Å². The molecule has 0 spiro atoms. The molecule has 1 atom stereocenters. The Morgan fingerprint density at radius 2 is 1.95 bits per heavy atom. The molecule has 2 aromatic heterocycles. The number of imidazole rings is 2. The number of sulfonamides is 1. The maximum Gasteiger partial charge on any atom is 0.263 e. The molecule has 0 fully saturated rings. The van der Waals surface area contributed by atoms with E-state index in [4.69, 9.17) is 0 Å². The second-order valence-corrected chi connectivity index (χ2v) is 11.3. The number of amides is 1. The number of hydrogen-bond donors (Lipinski definition) is 0. The minimum atomic E-state index is -4.17. The summed E-state index contributed by atoms with van der Waals surface area (Å²) in [5.41, 5.74) is 4.30. The molecule has 10 nitrogen and oxygen atoms in total. The van der Waals surface area contributed by atoms with Crippen LogP contribution in [0.3, 0.4) is 0 Å². The van der Waals surface area contributed by atoms with Crippen molar-refractivity contribution in [1.82, 2.24) is 23.4 Å². The third-order valence-electron chi connectivity index (χ3n) is 6.89. The quantitative estimate of drug-likeness (QED) is 0.363. The van der Waals surface area contributed by atoms with E-state index in [0.717, 1.165) is 22.4 Å². The van der Waals surface area contributed by atoms with Gasteiger partial charge < -0.3 is 14.0 Å². The zero-order valence-electron chi connectivity index (χ0n) is 21.3. The van der Waals surface area contributed by atoms with Gasteiger partial charge in [-0.15, -0.1) is 0 Å². The van der Waals surface area contributed by atoms with Gasteiger partial charge in [-0.3, -0.25) is 4.79 Å². The van der Waals surface area contributed by atoms with Crippen molar-refractivity contribution in [3.05, 3.63) is 95.5 Å². The molecule has 5 rings (SSSR count). The van der Waals surface area contributed by atoms with Gasteiger partial charge >= 0.3 is 0 Å². The molecule has 0 saturated heterocycles. The summed E-state index contributed by atoms with van der Waals surface area (Å²) in [6.45, 7) is 2.11. The Hall–Kier alpha value is -4.27. The number of fused-ring (bicyclic) bond motifs is 1. The molecule has 1 amide bonds. The Bertz CT molecular complexity index is 1670. The highest BCUT2D eigenvalue weighted by Crippen LogP contribution is 2.34. The molecular formula is C27H27N7O3S. The number of anilines is 1. The van der Waals surface area contributed by atoms with Crippen LogP contribution in [0.4, 0.5) is 5.69 Å². The summed E-state index contributed by atoms with van der Waals surface area (Å²) in [4.78, 5) is 24.0. The molecule has 1 aliphatic rings. The van der Waals surface area contributed by atoms with Crippen LogP contribution >= 0.6 is 0 Å². The number of carbonyl (C=O) groups excluding carboxylic acids is 1. The standard InChI is InChI=1S/C27H27N7O3S/c1-19-6-4-5-7-21(19)14-34(38(36,37)26-16-31(2)18-30-26)25-11-22-10-20(12-28)8-9-24(22)33(27(25)35)15-23-13-29-17-32(23)3/h4-10,13,16-18,25H,11,14-15H2,1-3H3. The first-order valence-corrected chi connectivity index (χ1v) is 13.5. The van der Waals surface area contributed by atoms with Crippen LogP contribution in [0.1, 0.15) is 27.9 Å². The van der Waals surface area contributed by atoms with Crippen molar-refractivity contribution in [2.75, 3.05) is 4.90 Å². The second-order valence-electron chi connectivity index (χ2n) is 9.45. The maximum atomic E-state index is 14.2. The second kappa shape index (κ2) is 9.89. The normalized spacial score (nSPS) is 15.5. The number of hydrogen-bond acceptors (Lipinski definition) is 6. The third kappa shape index (κ3) is 4.60. The van der Waals surface area contributed by atoms with Crippen LogP contribution in [0, 0.1) is 18.3 Å². The van der Waals surface area contributed by atoms with E-state index >= 15 is 0 Å². The Kier molecular flexibility index (Phi) is 6.60. The molecule has 1 aliphatic heterocycles. The lowest BCUT2D eigenvalue weighted by Gasteiger charge is -2.39. The summed E-state index contributed by atoms with van der Waals surface area (Å²) in [6, 6.07) is 13.7. The summed E-state index contributed by atoms with van der Waals surface area (Å²) < 4.78 is 32.7. The van der Waals surface area contributed by atoms with Crippen molar-refractivity contribution in [1.29, 1.82) is 5.26 Å². The van der Waals surface area contributed by atoms with Crippen LogP contribution in [-0.4, -0.2) is 43.8 Å². The van der Waals surface area contributed by atoms with Gasteiger partial charge in [0, 0.05) is 45.1 Å². The van der Waals surface area contributed by atoms with Crippen molar-refractivity contribution < 1.29 is 13.2 Å². The van der Waals surface area contributed by atoms with E-state index in [-0.39, 0.29) is 30.4 Å². The van der Waals surface area contributed by atoms with Gasteiger partial charge in [0.25, 0.3) is 10.0 Å². The Morgan fingerprint density at radius 1 is 1.16 bits per heavy atom. The minimum Gasteiger partial charge on any atom is -0.339 e. The zero-order chi connectivity index (χ0) is 27.0. The molecule has 1 unspecified atom stereocenters. The lowest BCUT2D eigenvalue weighted by molar-refractivity contribution is -0.123. The highest BCUT2D eigenvalue weighted by Gasteiger charge is 2.43. The van der Waals surface area contributed by atoms with Gasteiger partial charge in [-0.2, -0.15) is 9.57 Å². The smallest absolute Gasteiger partial charge is 0.263 e. The summed E-state index contributed by atoms with van der Waals surface area (Å²) >= 11 is 0. The zero-order valence-corrected chi connectivity index (χ0v) is 22.1. The third-order valence-corrected chi connectivity index (χ3v) is 8.63. The average molecular weight is 530 g/mol. The highest BCUT2D eigenvalue weighted by molar-refractivity contribution is 7.89. The molecule has 0 saturated carbocycles. The Balaban J connectivity index is 1.64. The van der Waals surface area contributed by atoms with Gasteiger partial charge in [-0.25, -0.2) is 18.4 Å². The highest BCUT2D eigenvalue weighted by atomic mass is 32.2. The lowest BCUT2D eigenvalue weighted by atomic mass is 9.94. The van der Waals surface area contributed by atoms with E-state index in [1.54, 1.807) is 47.2 Å². The first-order valence-electron chi connectivity index (χ1n) is 12.0. The molecule has 0 bridgehead atoms. The number of aryl methyl sites for hydroxylation is 3. The monoisotopic (exact) mass is 529 g/mol. The maximum absolute atomic E-state index is 14.2. The number of nitriles is 1. The minimum absolute atomic E-state index is 0.00515. The molecule has 194 valence electrons. The van der Waals surface area contributed by atoms with Gasteiger partial charge in [-0.1, -0.05) is 24.3 Å². The number of nitrogens with zero attached hydrogens (tertiary/aromatic N) is 7. The molecule has 0 N–H and O–H groups in total. The fraction of sp³-hybridized carbons (Fsp3) is 0.259. The van der Waals surface area contributed by atoms with Crippen molar-refractivity contribution in [3.8, 4) is 6.07 Å². The Labute approximate surface area is 221 Å². The molecule has 38 heavy (non-hydrogen) atoms. The number of benzene rings is 2. The number of rotatable bonds is 7. The van der Waals surface area contributed by atoms with E-state index in [0.29, 0.717) is 11.3 Å². The summed E-state index contributed by atoms with van der Waals surface area (Å²) in [6.07, 6.45) is 6.31. The molecule has 11 heteroatoms. The molecule has 4 aromatic rings. The summed E-state index contributed by atoms with van der Waals surface area (Å²) in [5, 5.41) is 9.39. The first kappa shape index (κ1) is 25.4. The Morgan fingerprint density at radius 3 is 2.61 bits per heavy atom. The fourth-order valence-corrected chi connectivity index (χ4v) is 6.25. The lowest BCUT2D eigenvalue weighted by Crippen LogP contribution is -2.54. The van der Waals surface area contributed by atoms with Crippen LogP contribution in [0.15, 0.2) is 72.5 Å². The molecule has 0 aliphatic carbocycles. The SMILES string of the molecule is Cc1ccccc1CN(C1Cc2cc(C#N)ccc2N(Cc2cncn2C)C1=O)S(=O)(=O)c1cn(C)cn1. The van der Waals surface area contributed by atoms with Gasteiger partial charge in [-0.05, 0) is 41.8 Å². The van der Waals surface area contributed by atoms with Gasteiger partial charge in [0.05, 0.1) is 36.5 Å². The van der Waals surface area contributed by atoms with Crippen LogP contribution in [0.5, 0.6) is 0 Å². The topological polar surface area (TPSA) is 117 Å². The molecule has 0 radical (unpaired) electrons. The van der Waals surface area contributed by atoms with Crippen molar-refractivity contribution in [3.63, 3.8) is 0 Å². The van der Waals surface area contributed by atoms with E-state index in [9.17, 15) is 18.5 Å². The van der Waals surface area contributed by atoms with Gasteiger partial charge in [0.15, 0.2) is 5.03 Å². The first-order chi connectivity index (χ1) is 18.2. The van der Waals surface area contributed by atoms with E-state index in [1.807, 2.05) is 42.8 Å². The van der Waals surface area contributed by atoms with Gasteiger partial charge in [0.1, 0.15) is 6.04 Å². The summed E-state index contributed by atoms with van der Waals surface area (Å²) in [5.74, 6) is -0.350. The van der Waals surface area contributed by atoms with Crippen molar-refractivity contribution in [2.24, 2.45) is 14.1 Å². The van der Waals surface area contributed by atoms with E-state index in [1.165, 1.54) is 16.8 Å². The fourth-order valence-electron chi connectivity index (χ4n) is 4.72.